The smallest absolute Gasteiger partial charge is 0.320 e. The first-order chi connectivity index (χ1) is 7.37. The van der Waals surface area contributed by atoms with Gasteiger partial charge in [0.15, 0.2) is 9.84 Å². The Morgan fingerprint density at radius 3 is 2.50 bits per heavy atom. The topological polar surface area (TPSA) is 72.5 Å². The van der Waals surface area contributed by atoms with E-state index in [2.05, 4.69) is 23.9 Å². The van der Waals surface area contributed by atoms with Crippen LogP contribution in [0.3, 0.4) is 0 Å². The SMILES string of the molecule is COC(=O)CS(=O)(=O)CCCNCC(C)C. The third-order valence-corrected chi connectivity index (χ3v) is 3.51. The predicted molar refractivity (Wildman–Crippen MR) is 63.0 cm³/mol. The van der Waals surface area contributed by atoms with Crippen molar-refractivity contribution in [2.75, 3.05) is 31.7 Å². The van der Waals surface area contributed by atoms with Gasteiger partial charge in [-0.05, 0) is 25.4 Å². The third-order valence-electron chi connectivity index (χ3n) is 1.93. The maximum Gasteiger partial charge on any atom is 0.320 e. The first-order valence-electron chi connectivity index (χ1n) is 5.35. The van der Waals surface area contributed by atoms with Crippen molar-refractivity contribution in [2.24, 2.45) is 5.92 Å². The number of esters is 1. The maximum absolute atomic E-state index is 11.4. The van der Waals surface area contributed by atoms with E-state index in [1.165, 1.54) is 7.11 Å². The summed E-state index contributed by atoms with van der Waals surface area (Å²) in [6.07, 6.45) is 0.520. The van der Waals surface area contributed by atoms with Gasteiger partial charge in [0.1, 0.15) is 5.75 Å². The van der Waals surface area contributed by atoms with Gasteiger partial charge in [0.05, 0.1) is 12.9 Å². The van der Waals surface area contributed by atoms with Crippen molar-refractivity contribution in [3.8, 4) is 0 Å². The van der Waals surface area contributed by atoms with Crippen LogP contribution in [0, 0.1) is 5.92 Å². The van der Waals surface area contributed by atoms with Gasteiger partial charge in [0.2, 0.25) is 0 Å². The van der Waals surface area contributed by atoms with Crippen molar-refractivity contribution in [3.63, 3.8) is 0 Å². The van der Waals surface area contributed by atoms with Crippen LogP contribution >= 0.6 is 0 Å². The lowest BCUT2D eigenvalue weighted by atomic mass is 10.2. The number of rotatable bonds is 8. The Kier molecular flexibility index (Phi) is 7.33. The summed E-state index contributed by atoms with van der Waals surface area (Å²) in [5.41, 5.74) is 0. The zero-order valence-electron chi connectivity index (χ0n) is 10.2. The lowest BCUT2D eigenvalue weighted by Gasteiger charge is -2.07. The number of hydrogen-bond acceptors (Lipinski definition) is 5. The number of nitrogens with one attached hydrogen (secondary N) is 1. The van der Waals surface area contributed by atoms with E-state index in [9.17, 15) is 13.2 Å². The minimum absolute atomic E-state index is 0.0210. The Balaban J connectivity index is 3.71. The van der Waals surface area contributed by atoms with Crippen molar-refractivity contribution in [1.29, 1.82) is 0 Å². The molecule has 0 aromatic heterocycles. The molecule has 96 valence electrons. The molecule has 5 nitrogen and oxygen atoms in total. The van der Waals surface area contributed by atoms with Gasteiger partial charge in [-0.2, -0.15) is 0 Å². The molecular weight excluding hydrogens is 230 g/mol. The number of methoxy groups -OCH3 is 1. The van der Waals surface area contributed by atoms with Crippen molar-refractivity contribution >= 4 is 15.8 Å². The molecule has 0 saturated carbocycles. The zero-order chi connectivity index (χ0) is 12.6. The molecule has 0 bridgehead atoms. The fourth-order valence-electron chi connectivity index (χ4n) is 1.12. The largest absolute Gasteiger partial charge is 0.468 e. The van der Waals surface area contributed by atoms with Crippen LogP contribution in [-0.4, -0.2) is 46.1 Å². The van der Waals surface area contributed by atoms with E-state index in [0.29, 0.717) is 18.9 Å². The van der Waals surface area contributed by atoms with Gasteiger partial charge < -0.3 is 10.1 Å². The molecule has 0 fully saturated rings. The molecule has 1 N–H and O–H groups in total. The molecule has 0 aliphatic carbocycles. The fraction of sp³-hybridized carbons (Fsp3) is 0.900. The molecule has 0 aliphatic heterocycles. The van der Waals surface area contributed by atoms with Crippen LogP contribution in [0.25, 0.3) is 0 Å². The summed E-state index contributed by atoms with van der Waals surface area (Å²) in [6.45, 7) is 5.69. The zero-order valence-corrected chi connectivity index (χ0v) is 11.0. The second-order valence-electron chi connectivity index (χ2n) is 4.12. The molecular formula is C10H21NO4S. The number of carbonyl (C=O) groups excluding carboxylic acids is 1. The van der Waals surface area contributed by atoms with Gasteiger partial charge in [-0.3, -0.25) is 4.79 Å². The second-order valence-corrected chi connectivity index (χ2v) is 6.30. The Bertz CT molecular complexity index is 298. The molecule has 0 amide bonds. The van der Waals surface area contributed by atoms with Gasteiger partial charge in [-0.25, -0.2) is 8.42 Å². The van der Waals surface area contributed by atoms with Gasteiger partial charge in [-0.1, -0.05) is 13.8 Å². The molecule has 0 heterocycles. The lowest BCUT2D eigenvalue weighted by molar-refractivity contribution is -0.137. The van der Waals surface area contributed by atoms with E-state index >= 15 is 0 Å². The van der Waals surface area contributed by atoms with E-state index in [4.69, 9.17) is 0 Å². The van der Waals surface area contributed by atoms with Crippen LogP contribution in [0.2, 0.25) is 0 Å². The monoisotopic (exact) mass is 251 g/mol. The molecule has 0 unspecified atom stereocenters. The normalized spacial score (nSPS) is 11.8. The quantitative estimate of drug-likeness (QED) is 0.493. The molecule has 0 radical (unpaired) electrons. The first kappa shape index (κ1) is 15.4. The molecule has 0 aliphatic rings. The second kappa shape index (κ2) is 7.62. The predicted octanol–water partition coefficient (Wildman–Crippen LogP) is 0.210. The maximum atomic E-state index is 11.4. The average Bonchev–Trinajstić information content (AvgIpc) is 2.15. The summed E-state index contributed by atoms with van der Waals surface area (Å²) in [5.74, 6) is -0.650. The van der Waals surface area contributed by atoms with Gasteiger partial charge in [0, 0.05) is 0 Å². The van der Waals surface area contributed by atoms with Crippen molar-refractivity contribution < 1.29 is 17.9 Å². The Morgan fingerprint density at radius 2 is 2.00 bits per heavy atom. The van der Waals surface area contributed by atoms with Crippen LogP contribution in [-0.2, 0) is 19.4 Å². The molecule has 0 aromatic carbocycles. The highest BCUT2D eigenvalue weighted by Gasteiger charge is 2.16. The molecule has 0 atom stereocenters. The van der Waals surface area contributed by atoms with Crippen molar-refractivity contribution in [2.45, 2.75) is 20.3 Å². The van der Waals surface area contributed by atoms with Crippen LogP contribution in [0.15, 0.2) is 0 Å². The highest BCUT2D eigenvalue weighted by molar-refractivity contribution is 7.92. The van der Waals surface area contributed by atoms with Gasteiger partial charge >= 0.3 is 5.97 Å². The van der Waals surface area contributed by atoms with Crippen molar-refractivity contribution in [3.05, 3.63) is 0 Å². The highest BCUT2D eigenvalue weighted by Crippen LogP contribution is 1.95. The fourth-order valence-corrected chi connectivity index (χ4v) is 2.32. The molecule has 0 saturated heterocycles. The number of carbonyl (C=O) groups is 1. The average molecular weight is 251 g/mol. The first-order valence-corrected chi connectivity index (χ1v) is 7.17. The highest BCUT2D eigenvalue weighted by atomic mass is 32.2. The van der Waals surface area contributed by atoms with Crippen LogP contribution in [0.4, 0.5) is 0 Å². The summed E-state index contributed by atoms with van der Waals surface area (Å²) in [4.78, 5) is 10.8. The van der Waals surface area contributed by atoms with Crippen molar-refractivity contribution in [1.82, 2.24) is 5.32 Å². The van der Waals surface area contributed by atoms with E-state index in [1.54, 1.807) is 0 Å². The van der Waals surface area contributed by atoms with E-state index in [0.717, 1.165) is 6.54 Å². The van der Waals surface area contributed by atoms with Crippen LogP contribution in [0.1, 0.15) is 20.3 Å². The summed E-state index contributed by atoms with van der Waals surface area (Å²) >= 11 is 0. The summed E-state index contributed by atoms with van der Waals surface area (Å²) < 4.78 is 27.0. The van der Waals surface area contributed by atoms with Gasteiger partial charge in [-0.15, -0.1) is 0 Å². The number of sulfone groups is 1. The Labute approximate surface area is 97.5 Å². The van der Waals surface area contributed by atoms with E-state index in [-0.39, 0.29) is 5.75 Å². The minimum atomic E-state index is -3.31. The lowest BCUT2D eigenvalue weighted by Crippen LogP contribution is -2.25. The van der Waals surface area contributed by atoms with E-state index in [1.807, 2.05) is 0 Å². The Hall–Kier alpha value is -0.620. The Morgan fingerprint density at radius 1 is 1.38 bits per heavy atom. The summed E-state index contributed by atoms with van der Waals surface area (Å²) in [6, 6.07) is 0. The van der Waals surface area contributed by atoms with Gasteiger partial charge in [0.25, 0.3) is 0 Å². The summed E-state index contributed by atoms with van der Waals surface area (Å²) in [7, 11) is -2.13. The van der Waals surface area contributed by atoms with Crippen LogP contribution < -0.4 is 5.32 Å². The third kappa shape index (κ3) is 8.67. The summed E-state index contributed by atoms with van der Waals surface area (Å²) in [5, 5.41) is 3.14. The number of hydrogen-bond donors (Lipinski definition) is 1. The van der Waals surface area contributed by atoms with E-state index < -0.39 is 21.6 Å². The molecule has 0 aromatic rings. The van der Waals surface area contributed by atoms with Crippen LogP contribution in [0.5, 0.6) is 0 Å². The molecule has 16 heavy (non-hydrogen) atoms. The molecule has 0 rings (SSSR count). The number of ether oxygens (including phenoxy) is 1. The molecule has 0 spiro atoms. The molecule has 6 heteroatoms. The minimum Gasteiger partial charge on any atom is -0.468 e. The standard InChI is InChI=1S/C10H21NO4S/c1-9(2)7-11-5-4-6-16(13,14)8-10(12)15-3/h9,11H,4-8H2,1-3H3.